The van der Waals surface area contributed by atoms with Crippen LogP contribution in [0.25, 0.3) is 16.8 Å². The monoisotopic (exact) mass is 720 g/mol. The van der Waals surface area contributed by atoms with Gasteiger partial charge in [0.2, 0.25) is 0 Å². The fourth-order valence-corrected chi connectivity index (χ4v) is 7.13. The Morgan fingerprint density at radius 2 is 1.62 bits per heavy atom. The van der Waals surface area contributed by atoms with Gasteiger partial charge in [0.25, 0.3) is 5.56 Å². The van der Waals surface area contributed by atoms with E-state index in [1.807, 2.05) is 74.5 Å². The number of nitrogens with zero attached hydrogens (tertiary/aromatic N) is 2. The molecule has 268 valence electrons. The number of carbonyl (C=O) groups excluding carboxylic acids is 2. The fourth-order valence-electron chi connectivity index (χ4n) is 6.11. The molecule has 0 spiro atoms. The van der Waals surface area contributed by atoms with Crippen LogP contribution < -0.4 is 29.1 Å². The molecule has 11 heteroatoms. The van der Waals surface area contributed by atoms with E-state index < -0.39 is 12.0 Å². The predicted octanol–water partition coefficient (Wildman–Crippen LogP) is 6.50. The number of allylic oxidation sites excluding steroid dienone is 1. The van der Waals surface area contributed by atoms with Crippen molar-refractivity contribution in [2.75, 3.05) is 20.3 Å². The van der Waals surface area contributed by atoms with Crippen LogP contribution in [0.2, 0.25) is 0 Å². The van der Waals surface area contributed by atoms with Crippen molar-refractivity contribution in [3.63, 3.8) is 0 Å². The zero-order valence-corrected chi connectivity index (χ0v) is 30.7. The molecule has 4 aromatic carbocycles. The SMILES string of the molecule is CCOC(=O)C1=C(C)N=c2s/c(=C/c3c(OCc4ccc(C(=O)OCC)cc4)ccc4ccccc34)c(=O)n2[C@@H]1c1ccc(OC(C)C)c(OC)c1. The maximum Gasteiger partial charge on any atom is 0.338 e. The Balaban J connectivity index is 1.46. The van der Waals surface area contributed by atoms with Gasteiger partial charge >= 0.3 is 11.9 Å². The van der Waals surface area contributed by atoms with Gasteiger partial charge in [0.15, 0.2) is 16.3 Å². The maximum atomic E-state index is 14.5. The van der Waals surface area contributed by atoms with Crippen LogP contribution in [0.3, 0.4) is 0 Å². The van der Waals surface area contributed by atoms with Gasteiger partial charge in [-0.15, -0.1) is 0 Å². The van der Waals surface area contributed by atoms with Crippen LogP contribution in [0.1, 0.15) is 67.7 Å². The van der Waals surface area contributed by atoms with Crippen molar-refractivity contribution in [1.29, 1.82) is 0 Å². The summed E-state index contributed by atoms with van der Waals surface area (Å²) in [6, 6.07) is 23.4. The number of rotatable bonds is 12. The van der Waals surface area contributed by atoms with Crippen molar-refractivity contribution < 1.29 is 33.3 Å². The molecule has 10 nitrogen and oxygen atoms in total. The Bertz CT molecular complexity index is 2360. The van der Waals surface area contributed by atoms with Crippen LogP contribution in [-0.4, -0.2) is 42.9 Å². The highest BCUT2D eigenvalue weighted by molar-refractivity contribution is 7.07. The van der Waals surface area contributed by atoms with Gasteiger partial charge in [-0.3, -0.25) is 9.36 Å². The lowest BCUT2D eigenvalue weighted by molar-refractivity contribution is -0.139. The summed E-state index contributed by atoms with van der Waals surface area (Å²) < 4.78 is 30.5. The number of benzene rings is 4. The molecule has 6 rings (SSSR count). The van der Waals surface area contributed by atoms with E-state index in [-0.39, 0.29) is 36.4 Å². The van der Waals surface area contributed by atoms with Crippen LogP contribution in [-0.2, 0) is 20.9 Å². The average Bonchev–Trinajstić information content (AvgIpc) is 3.44. The number of hydrogen-bond donors (Lipinski definition) is 0. The first kappa shape index (κ1) is 36.1. The molecular formula is C41H40N2O8S. The van der Waals surface area contributed by atoms with Crippen molar-refractivity contribution in [1.82, 2.24) is 4.57 Å². The first-order valence-electron chi connectivity index (χ1n) is 17.1. The number of carbonyl (C=O) groups is 2. The Hall–Kier alpha value is -5.68. The molecule has 0 saturated heterocycles. The summed E-state index contributed by atoms with van der Waals surface area (Å²) in [7, 11) is 1.55. The lowest BCUT2D eigenvalue weighted by atomic mass is 9.95. The third-order valence-corrected chi connectivity index (χ3v) is 9.43. The van der Waals surface area contributed by atoms with E-state index in [0.717, 1.165) is 21.9 Å². The van der Waals surface area contributed by atoms with E-state index in [1.165, 1.54) is 11.3 Å². The second-order valence-corrected chi connectivity index (χ2v) is 13.3. The van der Waals surface area contributed by atoms with E-state index in [4.69, 9.17) is 28.7 Å². The predicted molar refractivity (Wildman–Crippen MR) is 200 cm³/mol. The zero-order valence-electron chi connectivity index (χ0n) is 29.9. The van der Waals surface area contributed by atoms with Gasteiger partial charge in [0.1, 0.15) is 12.4 Å². The van der Waals surface area contributed by atoms with Gasteiger partial charge in [-0.2, -0.15) is 0 Å². The highest BCUT2D eigenvalue weighted by Crippen LogP contribution is 2.37. The third kappa shape index (κ3) is 7.36. The molecule has 0 aliphatic carbocycles. The molecule has 0 N–H and O–H groups in total. The van der Waals surface area contributed by atoms with Gasteiger partial charge in [-0.1, -0.05) is 59.9 Å². The van der Waals surface area contributed by atoms with Crippen LogP contribution in [0.15, 0.2) is 99.9 Å². The summed E-state index contributed by atoms with van der Waals surface area (Å²) in [5.74, 6) is 0.662. The molecule has 0 bridgehead atoms. The standard InChI is InChI=1S/C41H40N2O8S/c1-7-48-39(45)28-15-13-26(14-16-28)23-50-32-19-17-27-11-9-10-12-30(27)31(32)22-35-38(44)43-37(29-18-20-33(51-24(3)4)34(21-29)47-6)36(40(46)49-8-2)25(5)42-41(43)52-35/h9-22,24,37H,7-8,23H2,1-6H3/b35-22+/t37-/m1/s1. The Morgan fingerprint density at radius 1 is 0.904 bits per heavy atom. The minimum absolute atomic E-state index is 0.0885. The van der Waals surface area contributed by atoms with Crippen LogP contribution in [0.5, 0.6) is 17.2 Å². The van der Waals surface area contributed by atoms with E-state index >= 15 is 0 Å². The Labute approximate surface area is 305 Å². The molecule has 1 atom stereocenters. The highest BCUT2D eigenvalue weighted by atomic mass is 32.1. The maximum absolute atomic E-state index is 14.5. The normalized spacial score (nSPS) is 14.2. The molecule has 0 saturated carbocycles. The van der Waals surface area contributed by atoms with Gasteiger partial charge in [-0.05, 0) is 92.9 Å². The van der Waals surface area contributed by atoms with Crippen molar-refractivity contribution in [3.05, 3.63) is 132 Å². The first-order chi connectivity index (χ1) is 25.1. The lowest BCUT2D eigenvalue weighted by Crippen LogP contribution is -2.40. The molecule has 1 aliphatic heterocycles. The number of methoxy groups -OCH3 is 1. The molecule has 1 aliphatic rings. The average molecular weight is 721 g/mol. The molecular weight excluding hydrogens is 681 g/mol. The smallest absolute Gasteiger partial charge is 0.338 e. The summed E-state index contributed by atoms with van der Waals surface area (Å²) in [6.07, 6.45) is 1.74. The number of esters is 2. The van der Waals surface area contributed by atoms with E-state index in [9.17, 15) is 14.4 Å². The lowest BCUT2D eigenvalue weighted by Gasteiger charge is -2.25. The van der Waals surface area contributed by atoms with E-state index in [1.54, 1.807) is 56.7 Å². The second-order valence-electron chi connectivity index (χ2n) is 12.3. The van der Waals surface area contributed by atoms with Gasteiger partial charge in [-0.25, -0.2) is 14.6 Å². The van der Waals surface area contributed by atoms with Crippen LogP contribution in [0, 0.1) is 0 Å². The summed E-state index contributed by atoms with van der Waals surface area (Å²) in [5, 5.41) is 1.87. The third-order valence-electron chi connectivity index (χ3n) is 8.45. The highest BCUT2D eigenvalue weighted by Gasteiger charge is 2.34. The molecule has 2 heterocycles. The minimum Gasteiger partial charge on any atom is -0.493 e. The summed E-state index contributed by atoms with van der Waals surface area (Å²) in [4.78, 5) is 45.3. The van der Waals surface area contributed by atoms with Crippen molar-refractivity contribution in [3.8, 4) is 17.2 Å². The largest absolute Gasteiger partial charge is 0.493 e. The molecule has 52 heavy (non-hydrogen) atoms. The summed E-state index contributed by atoms with van der Waals surface area (Å²) in [6.45, 7) is 9.79. The van der Waals surface area contributed by atoms with Gasteiger partial charge < -0.3 is 23.7 Å². The molecule has 0 amide bonds. The number of ether oxygens (including phenoxy) is 5. The quantitative estimate of drug-likeness (QED) is 0.134. The molecule has 0 radical (unpaired) electrons. The number of hydrogen-bond acceptors (Lipinski definition) is 10. The molecule has 1 aromatic heterocycles. The second kappa shape index (κ2) is 15.7. The Kier molecular flexibility index (Phi) is 10.9. The molecule has 0 unspecified atom stereocenters. The summed E-state index contributed by atoms with van der Waals surface area (Å²) in [5.41, 5.74) is 3.09. The van der Waals surface area contributed by atoms with Crippen molar-refractivity contribution in [2.24, 2.45) is 4.99 Å². The van der Waals surface area contributed by atoms with Crippen molar-refractivity contribution in [2.45, 2.75) is 53.4 Å². The number of aromatic nitrogens is 1. The van der Waals surface area contributed by atoms with Gasteiger partial charge in [0, 0.05) is 5.56 Å². The van der Waals surface area contributed by atoms with E-state index in [0.29, 0.717) is 50.0 Å². The van der Waals surface area contributed by atoms with Crippen molar-refractivity contribution >= 4 is 40.1 Å². The topological polar surface area (TPSA) is 115 Å². The minimum atomic E-state index is -0.833. The fraction of sp³-hybridized carbons (Fsp3) is 0.268. The molecule has 0 fully saturated rings. The number of fused-ring (bicyclic) bond motifs is 2. The number of thiazole rings is 1. The van der Waals surface area contributed by atoms with Gasteiger partial charge in [0.05, 0.1) is 53.8 Å². The zero-order chi connectivity index (χ0) is 36.9. The summed E-state index contributed by atoms with van der Waals surface area (Å²) >= 11 is 1.23. The van der Waals surface area contributed by atoms with E-state index in [2.05, 4.69) is 0 Å². The first-order valence-corrected chi connectivity index (χ1v) is 17.9. The molecule has 5 aromatic rings. The Morgan fingerprint density at radius 3 is 2.33 bits per heavy atom. The van der Waals surface area contributed by atoms with Crippen LogP contribution >= 0.6 is 11.3 Å². The van der Waals surface area contributed by atoms with Crippen LogP contribution in [0.4, 0.5) is 0 Å².